The Balaban J connectivity index is 1.99. The Bertz CT molecular complexity index is 557. The van der Waals surface area contributed by atoms with Crippen LogP contribution in [0.1, 0.15) is 23.1 Å². The van der Waals surface area contributed by atoms with E-state index in [1.165, 1.54) is 4.88 Å². The number of hydrogen-bond acceptors (Lipinski definition) is 4. The van der Waals surface area contributed by atoms with E-state index in [-0.39, 0.29) is 0 Å². The van der Waals surface area contributed by atoms with E-state index < -0.39 is 0 Å². The molecule has 1 aromatic heterocycles. The average Bonchev–Trinajstić information content (AvgIpc) is 2.84. The highest BCUT2D eigenvalue weighted by atomic mass is 35.5. The van der Waals surface area contributed by atoms with E-state index in [1.54, 1.807) is 11.3 Å². The second-order valence-corrected chi connectivity index (χ2v) is 5.81. The number of halogens is 1. The topological polar surface area (TPSA) is 34.1 Å². The van der Waals surface area contributed by atoms with E-state index in [0.717, 1.165) is 36.5 Å². The van der Waals surface area contributed by atoms with Gasteiger partial charge in [0.05, 0.1) is 22.8 Å². The van der Waals surface area contributed by atoms with E-state index >= 15 is 0 Å². The number of hydrogen-bond donors (Lipinski definition) is 1. The molecule has 5 heteroatoms. The van der Waals surface area contributed by atoms with Crippen molar-refractivity contribution in [1.29, 1.82) is 0 Å². The number of rotatable bonds is 7. The minimum absolute atomic E-state index is 0.617. The Morgan fingerprint density at radius 2 is 2.25 bits per heavy atom. The van der Waals surface area contributed by atoms with Crippen LogP contribution in [0.3, 0.4) is 0 Å². The van der Waals surface area contributed by atoms with Crippen molar-refractivity contribution in [1.82, 2.24) is 10.3 Å². The van der Waals surface area contributed by atoms with E-state index in [1.807, 2.05) is 30.6 Å². The molecule has 2 rings (SSSR count). The number of nitrogens with one attached hydrogen (secondary N) is 1. The summed E-state index contributed by atoms with van der Waals surface area (Å²) in [4.78, 5) is 5.51. The summed E-state index contributed by atoms with van der Waals surface area (Å²) < 4.78 is 5.90. The molecule has 0 aliphatic carbocycles. The third kappa shape index (κ3) is 3.95. The van der Waals surface area contributed by atoms with Crippen LogP contribution < -0.4 is 10.1 Å². The van der Waals surface area contributed by atoms with Crippen LogP contribution in [-0.2, 0) is 13.0 Å². The Labute approximate surface area is 129 Å². The van der Waals surface area contributed by atoms with Gasteiger partial charge >= 0.3 is 0 Å². The number of aromatic nitrogens is 1. The molecule has 1 aromatic carbocycles. The zero-order valence-corrected chi connectivity index (χ0v) is 13.4. The minimum atomic E-state index is 0.617. The lowest BCUT2D eigenvalue weighted by molar-refractivity contribution is 0.318. The number of thiazole rings is 1. The first-order valence-electron chi connectivity index (χ1n) is 6.72. The largest absolute Gasteiger partial charge is 0.491 e. The monoisotopic (exact) mass is 310 g/mol. The molecular formula is C15H19ClN2OS. The Morgan fingerprint density at radius 1 is 1.40 bits per heavy atom. The molecule has 0 unspecified atom stereocenters. The summed E-state index contributed by atoms with van der Waals surface area (Å²) in [5.74, 6) is 0.789. The van der Waals surface area contributed by atoms with Crippen molar-refractivity contribution < 1.29 is 4.74 Å². The van der Waals surface area contributed by atoms with Crippen LogP contribution in [-0.4, -0.2) is 18.1 Å². The second-order valence-electron chi connectivity index (χ2n) is 4.47. The van der Waals surface area contributed by atoms with Crippen molar-refractivity contribution in [2.75, 3.05) is 13.2 Å². The molecule has 2 aromatic rings. The van der Waals surface area contributed by atoms with Crippen LogP contribution in [0.25, 0.3) is 0 Å². The SMILES string of the molecule is CCNCc1cccc(Cl)c1OCCc1scnc1C. The predicted octanol–water partition coefficient (Wildman–Crippen LogP) is 3.84. The molecule has 0 aliphatic heterocycles. The molecule has 3 nitrogen and oxygen atoms in total. The first kappa shape index (κ1) is 15.3. The van der Waals surface area contributed by atoms with E-state index in [0.29, 0.717) is 11.6 Å². The van der Waals surface area contributed by atoms with Crippen LogP contribution in [0.5, 0.6) is 5.75 Å². The lowest BCUT2D eigenvalue weighted by atomic mass is 10.2. The van der Waals surface area contributed by atoms with Crippen molar-refractivity contribution in [2.24, 2.45) is 0 Å². The fourth-order valence-electron chi connectivity index (χ4n) is 1.93. The van der Waals surface area contributed by atoms with Gasteiger partial charge in [-0.1, -0.05) is 30.7 Å². The van der Waals surface area contributed by atoms with Gasteiger partial charge in [0, 0.05) is 23.4 Å². The first-order chi connectivity index (χ1) is 9.72. The van der Waals surface area contributed by atoms with Gasteiger partial charge in [0.2, 0.25) is 0 Å². The van der Waals surface area contributed by atoms with Crippen molar-refractivity contribution >= 4 is 22.9 Å². The van der Waals surface area contributed by atoms with Gasteiger partial charge < -0.3 is 10.1 Å². The molecule has 0 saturated carbocycles. The molecule has 0 amide bonds. The lowest BCUT2D eigenvalue weighted by Crippen LogP contribution is -2.13. The first-order valence-corrected chi connectivity index (χ1v) is 7.98. The average molecular weight is 311 g/mol. The normalized spacial score (nSPS) is 10.8. The van der Waals surface area contributed by atoms with Gasteiger partial charge in [-0.2, -0.15) is 0 Å². The Hall–Kier alpha value is -1.10. The van der Waals surface area contributed by atoms with Crippen LogP contribution in [0, 0.1) is 6.92 Å². The maximum absolute atomic E-state index is 6.24. The molecular weight excluding hydrogens is 292 g/mol. The zero-order chi connectivity index (χ0) is 14.4. The van der Waals surface area contributed by atoms with Crippen LogP contribution >= 0.6 is 22.9 Å². The van der Waals surface area contributed by atoms with Crippen LogP contribution in [0.2, 0.25) is 5.02 Å². The zero-order valence-electron chi connectivity index (χ0n) is 11.8. The Kier molecular flexibility index (Phi) is 5.83. The summed E-state index contributed by atoms with van der Waals surface area (Å²) in [5, 5.41) is 3.97. The standard InChI is InChI=1S/C15H19ClN2OS/c1-3-17-9-12-5-4-6-13(16)15(12)19-8-7-14-11(2)18-10-20-14/h4-6,10,17H,3,7-9H2,1-2H3. The van der Waals surface area contributed by atoms with Gasteiger partial charge in [0.1, 0.15) is 5.75 Å². The van der Waals surface area contributed by atoms with E-state index in [9.17, 15) is 0 Å². The van der Waals surface area contributed by atoms with E-state index in [4.69, 9.17) is 16.3 Å². The number of benzene rings is 1. The maximum Gasteiger partial charge on any atom is 0.142 e. The maximum atomic E-state index is 6.24. The third-order valence-electron chi connectivity index (χ3n) is 3.03. The molecule has 20 heavy (non-hydrogen) atoms. The highest BCUT2D eigenvalue weighted by Gasteiger charge is 2.09. The van der Waals surface area contributed by atoms with Crippen molar-refractivity contribution in [3.63, 3.8) is 0 Å². The smallest absolute Gasteiger partial charge is 0.142 e. The molecule has 0 saturated heterocycles. The summed E-state index contributed by atoms with van der Waals surface area (Å²) >= 11 is 7.91. The Morgan fingerprint density at radius 3 is 2.95 bits per heavy atom. The van der Waals surface area contributed by atoms with Gasteiger partial charge in [-0.3, -0.25) is 0 Å². The highest BCUT2D eigenvalue weighted by Crippen LogP contribution is 2.29. The minimum Gasteiger partial charge on any atom is -0.491 e. The van der Waals surface area contributed by atoms with Crippen LogP contribution in [0.15, 0.2) is 23.7 Å². The van der Waals surface area contributed by atoms with Crippen molar-refractivity contribution in [3.05, 3.63) is 44.9 Å². The van der Waals surface area contributed by atoms with Crippen molar-refractivity contribution in [3.8, 4) is 5.75 Å². The van der Waals surface area contributed by atoms with Gasteiger partial charge in [0.15, 0.2) is 0 Å². The molecule has 0 aliphatic rings. The molecule has 108 valence electrons. The summed E-state index contributed by atoms with van der Waals surface area (Å²) in [6, 6.07) is 5.86. The molecule has 0 bridgehead atoms. The number of para-hydroxylation sites is 1. The molecule has 0 atom stereocenters. The van der Waals surface area contributed by atoms with E-state index in [2.05, 4.69) is 17.2 Å². The van der Waals surface area contributed by atoms with Gasteiger partial charge in [-0.05, 0) is 19.5 Å². The summed E-state index contributed by atoms with van der Waals surface area (Å²) in [5.41, 5.74) is 4.06. The lowest BCUT2D eigenvalue weighted by Gasteiger charge is -2.13. The molecule has 0 spiro atoms. The summed E-state index contributed by atoms with van der Waals surface area (Å²) in [6.45, 7) is 6.42. The van der Waals surface area contributed by atoms with Crippen LogP contribution in [0.4, 0.5) is 0 Å². The van der Waals surface area contributed by atoms with Gasteiger partial charge in [0.25, 0.3) is 0 Å². The quantitative estimate of drug-likeness (QED) is 0.844. The second kappa shape index (κ2) is 7.62. The fourth-order valence-corrected chi connectivity index (χ4v) is 2.94. The molecule has 0 fully saturated rings. The number of nitrogens with zero attached hydrogens (tertiary/aromatic N) is 1. The number of ether oxygens (including phenoxy) is 1. The van der Waals surface area contributed by atoms with Crippen molar-refractivity contribution in [2.45, 2.75) is 26.8 Å². The molecule has 0 radical (unpaired) electrons. The highest BCUT2D eigenvalue weighted by molar-refractivity contribution is 7.09. The third-order valence-corrected chi connectivity index (χ3v) is 4.33. The molecule has 1 heterocycles. The summed E-state index contributed by atoms with van der Waals surface area (Å²) in [6.07, 6.45) is 0.863. The fraction of sp³-hybridized carbons (Fsp3) is 0.400. The number of aryl methyl sites for hydroxylation is 1. The summed E-state index contributed by atoms with van der Waals surface area (Å²) in [7, 11) is 0. The predicted molar refractivity (Wildman–Crippen MR) is 84.9 cm³/mol. The molecule has 1 N–H and O–H groups in total. The van der Waals surface area contributed by atoms with Gasteiger partial charge in [-0.15, -0.1) is 11.3 Å². The van der Waals surface area contributed by atoms with Gasteiger partial charge in [-0.25, -0.2) is 4.98 Å².